The molecule has 0 unspecified atom stereocenters. The van der Waals surface area contributed by atoms with Crippen LogP contribution in [0.2, 0.25) is 0 Å². The highest BCUT2D eigenvalue weighted by Gasteiger charge is 2.31. The third-order valence-corrected chi connectivity index (χ3v) is 5.16. The fourth-order valence-corrected chi connectivity index (χ4v) is 3.40. The van der Waals surface area contributed by atoms with Gasteiger partial charge in [0.2, 0.25) is 5.91 Å². The van der Waals surface area contributed by atoms with Gasteiger partial charge in [0.05, 0.1) is 6.61 Å². The zero-order valence-electron chi connectivity index (χ0n) is 15.4. The van der Waals surface area contributed by atoms with E-state index >= 15 is 0 Å². The average molecular weight is 346 g/mol. The van der Waals surface area contributed by atoms with E-state index in [0.717, 1.165) is 31.2 Å². The van der Waals surface area contributed by atoms with Crippen LogP contribution in [-0.4, -0.2) is 49.1 Å². The van der Waals surface area contributed by atoms with Gasteiger partial charge in [0, 0.05) is 38.0 Å². The number of carbonyl (C=O) groups is 2. The molecule has 2 rings (SSSR count). The number of carbonyl (C=O) groups excluding carboxylic acids is 2. The number of hydrogen-bond donors (Lipinski definition) is 2. The van der Waals surface area contributed by atoms with Crippen molar-refractivity contribution in [3.05, 3.63) is 35.4 Å². The lowest BCUT2D eigenvalue weighted by atomic mass is 9.74. The van der Waals surface area contributed by atoms with Crippen molar-refractivity contribution in [3.8, 4) is 0 Å². The summed E-state index contributed by atoms with van der Waals surface area (Å²) in [6.45, 7) is 0.716. The zero-order chi connectivity index (χ0) is 18.3. The summed E-state index contributed by atoms with van der Waals surface area (Å²) in [6.07, 6.45) is 6.54. The summed E-state index contributed by atoms with van der Waals surface area (Å²) in [5.41, 5.74) is 1.57. The van der Waals surface area contributed by atoms with Crippen LogP contribution in [0.4, 0.5) is 0 Å². The minimum Gasteiger partial charge on any atom is -0.396 e. The van der Waals surface area contributed by atoms with Crippen molar-refractivity contribution in [3.63, 3.8) is 0 Å². The van der Waals surface area contributed by atoms with Crippen molar-refractivity contribution in [2.45, 2.75) is 44.9 Å². The van der Waals surface area contributed by atoms with Crippen molar-refractivity contribution in [1.82, 2.24) is 10.2 Å². The van der Waals surface area contributed by atoms with E-state index in [1.807, 2.05) is 12.1 Å². The molecule has 5 nitrogen and oxygen atoms in total. The number of aliphatic hydroxyl groups excluding tert-OH is 1. The summed E-state index contributed by atoms with van der Waals surface area (Å²) in [6, 6.07) is 7.41. The van der Waals surface area contributed by atoms with Gasteiger partial charge in [-0.1, -0.05) is 31.4 Å². The molecule has 1 aromatic rings. The van der Waals surface area contributed by atoms with E-state index in [-0.39, 0.29) is 23.8 Å². The first kappa shape index (κ1) is 19.4. The van der Waals surface area contributed by atoms with E-state index in [0.29, 0.717) is 24.9 Å². The monoisotopic (exact) mass is 346 g/mol. The number of rotatable bonds is 7. The highest BCUT2D eigenvalue weighted by molar-refractivity contribution is 5.93. The van der Waals surface area contributed by atoms with Crippen LogP contribution in [0.25, 0.3) is 0 Å². The predicted molar refractivity (Wildman–Crippen MR) is 98.4 cm³/mol. The molecule has 0 aromatic heterocycles. The second-order valence-electron chi connectivity index (χ2n) is 7.39. The van der Waals surface area contributed by atoms with Gasteiger partial charge in [-0.15, -0.1) is 0 Å². The molecule has 138 valence electrons. The molecule has 0 radical (unpaired) electrons. The van der Waals surface area contributed by atoms with E-state index < -0.39 is 0 Å². The molecule has 1 aliphatic carbocycles. The zero-order valence-corrected chi connectivity index (χ0v) is 15.4. The molecule has 0 atom stereocenters. The van der Waals surface area contributed by atoms with Crippen LogP contribution in [-0.2, 0) is 11.2 Å². The van der Waals surface area contributed by atoms with Gasteiger partial charge in [0.25, 0.3) is 5.91 Å². The van der Waals surface area contributed by atoms with E-state index in [1.54, 1.807) is 31.1 Å². The van der Waals surface area contributed by atoms with Gasteiger partial charge in [-0.2, -0.15) is 0 Å². The molecule has 1 fully saturated rings. The van der Waals surface area contributed by atoms with Gasteiger partial charge in [-0.3, -0.25) is 9.59 Å². The largest absolute Gasteiger partial charge is 0.396 e. The third-order valence-electron chi connectivity index (χ3n) is 5.16. The Balaban J connectivity index is 1.78. The Bertz CT molecular complexity index is 575. The topological polar surface area (TPSA) is 69.6 Å². The summed E-state index contributed by atoms with van der Waals surface area (Å²) in [4.78, 5) is 25.5. The molecule has 0 heterocycles. The number of hydrogen-bond acceptors (Lipinski definition) is 3. The molecule has 0 saturated heterocycles. The van der Waals surface area contributed by atoms with Crippen molar-refractivity contribution in [2.24, 2.45) is 5.41 Å². The number of amides is 2. The lowest BCUT2D eigenvalue weighted by molar-refractivity contribution is -0.121. The smallest absolute Gasteiger partial charge is 0.253 e. The first-order valence-corrected chi connectivity index (χ1v) is 9.14. The van der Waals surface area contributed by atoms with Crippen LogP contribution in [0.1, 0.15) is 54.4 Å². The van der Waals surface area contributed by atoms with E-state index in [2.05, 4.69) is 5.32 Å². The van der Waals surface area contributed by atoms with Crippen LogP contribution in [0.5, 0.6) is 0 Å². The van der Waals surface area contributed by atoms with Gasteiger partial charge < -0.3 is 15.3 Å². The maximum Gasteiger partial charge on any atom is 0.253 e. The van der Waals surface area contributed by atoms with Gasteiger partial charge in [-0.05, 0) is 37.0 Å². The second-order valence-corrected chi connectivity index (χ2v) is 7.39. The van der Waals surface area contributed by atoms with Crippen LogP contribution in [0.3, 0.4) is 0 Å². The van der Waals surface area contributed by atoms with E-state index in [4.69, 9.17) is 0 Å². The minimum atomic E-state index is -0.123. The minimum absolute atomic E-state index is 0.0202. The molecular weight excluding hydrogens is 316 g/mol. The van der Waals surface area contributed by atoms with Crippen LogP contribution in [0, 0.1) is 5.41 Å². The van der Waals surface area contributed by atoms with Gasteiger partial charge >= 0.3 is 0 Å². The fourth-order valence-electron chi connectivity index (χ4n) is 3.40. The van der Waals surface area contributed by atoms with Crippen molar-refractivity contribution < 1.29 is 14.7 Å². The Labute approximate surface area is 150 Å². The second kappa shape index (κ2) is 8.99. The predicted octanol–water partition coefficient (Wildman–Crippen LogP) is 2.38. The molecule has 1 saturated carbocycles. The van der Waals surface area contributed by atoms with Crippen molar-refractivity contribution >= 4 is 11.8 Å². The molecule has 0 aliphatic heterocycles. The molecule has 5 heteroatoms. The van der Waals surface area contributed by atoms with Crippen molar-refractivity contribution in [1.29, 1.82) is 0 Å². The Hall–Kier alpha value is -1.88. The van der Waals surface area contributed by atoms with Crippen LogP contribution < -0.4 is 5.32 Å². The Morgan fingerprint density at radius 3 is 2.32 bits per heavy atom. The average Bonchev–Trinajstić information content (AvgIpc) is 2.65. The third kappa shape index (κ3) is 5.56. The first-order chi connectivity index (χ1) is 12.0. The van der Waals surface area contributed by atoms with Crippen LogP contribution >= 0.6 is 0 Å². The number of aliphatic hydroxyl groups is 1. The highest BCUT2D eigenvalue weighted by Crippen LogP contribution is 2.35. The van der Waals surface area contributed by atoms with Gasteiger partial charge in [0.15, 0.2) is 0 Å². The molecular formula is C20H30N2O3. The molecule has 0 spiro atoms. The maximum atomic E-state index is 12.1. The normalized spacial score (nSPS) is 16.3. The van der Waals surface area contributed by atoms with Gasteiger partial charge in [0.1, 0.15) is 0 Å². The number of benzene rings is 1. The van der Waals surface area contributed by atoms with Gasteiger partial charge in [-0.25, -0.2) is 0 Å². The fraction of sp³-hybridized carbons (Fsp3) is 0.600. The SMILES string of the molecule is CN(C)C(=O)c1ccc(CCC(=O)NCC2(CO)CCCCC2)cc1. The lowest BCUT2D eigenvalue weighted by Crippen LogP contribution is -2.41. The maximum absolute atomic E-state index is 12.1. The van der Waals surface area contributed by atoms with Crippen LogP contribution in [0.15, 0.2) is 24.3 Å². The molecule has 1 aromatic carbocycles. The molecule has 1 aliphatic rings. The number of aryl methyl sites for hydroxylation is 1. The standard InChI is InChI=1S/C20H30N2O3/c1-22(2)19(25)17-9-6-16(7-10-17)8-11-18(24)21-14-20(15-23)12-4-3-5-13-20/h6-7,9-10,23H,3-5,8,11-15H2,1-2H3,(H,21,24). The van der Waals surface area contributed by atoms with E-state index in [1.165, 1.54) is 6.42 Å². The lowest BCUT2D eigenvalue weighted by Gasteiger charge is -2.35. The highest BCUT2D eigenvalue weighted by atomic mass is 16.3. The number of nitrogens with one attached hydrogen (secondary N) is 1. The Morgan fingerprint density at radius 1 is 1.12 bits per heavy atom. The summed E-state index contributed by atoms with van der Waals surface area (Å²) in [5.74, 6) is -0.00193. The summed E-state index contributed by atoms with van der Waals surface area (Å²) < 4.78 is 0. The first-order valence-electron chi connectivity index (χ1n) is 9.14. The van der Waals surface area contributed by atoms with Crippen molar-refractivity contribution in [2.75, 3.05) is 27.2 Å². The summed E-state index contributed by atoms with van der Waals surface area (Å²) >= 11 is 0. The molecule has 2 N–H and O–H groups in total. The summed E-state index contributed by atoms with van der Waals surface area (Å²) in [5, 5.41) is 12.7. The molecule has 2 amide bonds. The number of nitrogens with zero attached hydrogens (tertiary/aromatic N) is 1. The Kier molecular flexibility index (Phi) is 7.00. The summed E-state index contributed by atoms with van der Waals surface area (Å²) in [7, 11) is 3.46. The van der Waals surface area contributed by atoms with E-state index in [9.17, 15) is 14.7 Å². The molecule has 0 bridgehead atoms. The quantitative estimate of drug-likeness (QED) is 0.796. The molecule has 25 heavy (non-hydrogen) atoms. The Morgan fingerprint density at radius 2 is 1.76 bits per heavy atom.